The van der Waals surface area contributed by atoms with Crippen molar-refractivity contribution < 1.29 is 4.79 Å². The standard InChI is InChI=1S/C8H12N4OS.C2H6/c1-3-6-4-11-12(7(6)9-2)8(13)10-5-14;1-2/h4-5,9H,3H2,1-2H3,(H,10,13,14);1-2H3. The fourth-order valence-electron chi connectivity index (χ4n) is 1.17. The summed E-state index contributed by atoms with van der Waals surface area (Å²) in [6, 6.07) is -0.357. The van der Waals surface area contributed by atoms with E-state index in [-0.39, 0.29) is 6.03 Å². The molecule has 0 unspecified atom stereocenters. The summed E-state index contributed by atoms with van der Waals surface area (Å²) < 4.78 is 1.25. The van der Waals surface area contributed by atoms with Crippen LogP contribution in [0.25, 0.3) is 0 Å². The number of carbonyl (C=O) groups is 1. The predicted molar refractivity (Wildman–Crippen MR) is 70.1 cm³/mol. The number of nitrogens with zero attached hydrogens (tertiary/aromatic N) is 2. The molecule has 0 aromatic carbocycles. The molecule has 0 aliphatic carbocycles. The van der Waals surface area contributed by atoms with Gasteiger partial charge < -0.3 is 10.6 Å². The molecule has 0 fully saturated rings. The Bertz CT molecular complexity index is 349. The first kappa shape index (κ1) is 14.6. The molecule has 90 valence electrons. The molecule has 1 rings (SSSR count). The third-order valence-corrected chi connectivity index (χ3v) is 1.96. The van der Waals surface area contributed by atoms with Gasteiger partial charge in [-0.1, -0.05) is 33.0 Å². The maximum absolute atomic E-state index is 11.4. The summed E-state index contributed by atoms with van der Waals surface area (Å²) in [5.74, 6) is 0.696. The Morgan fingerprint density at radius 2 is 2.25 bits per heavy atom. The smallest absolute Gasteiger partial charge is 0.348 e. The van der Waals surface area contributed by atoms with Crippen LogP contribution in [0.15, 0.2) is 6.20 Å². The zero-order valence-corrected chi connectivity index (χ0v) is 10.9. The normalized spacial score (nSPS) is 8.75. The van der Waals surface area contributed by atoms with Crippen molar-refractivity contribution >= 4 is 29.6 Å². The van der Waals surface area contributed by atoms with Gasteiger partial charge in [-0.3, -0.25) is 0 Å². The van der Waals surface area contributed by atoms with Gasteiger partial charge in [0.25, 0.3) is 0 Å². The largest absolute Gasteiger partial charge is 0.373 e. The minimum Gasteiger partial charge on any atom is -0.373 e. The lowest BCUT2D eigenvalue weighted by Crippen LogP contribution is -2.28. The lowest BCUT2D eigenvalue weighted by Gasteiger charge is -2.05. The first-order valence-corrected chi connectivity index (χ1v) is 5.70. The second kappa shape index (κ2) is 7.81. The van der Waals surface area contributed by atoms with Crippen LogP contribution < -0.4 is 10.6 Å². The second-order valence-corrected chi connectivity index (χ2v) is 2.84. The van der Waals surface area contributed by atoms with Crippen LogP contribution in [0.5, 0.6) is 0 Å². The molecule has 1 heterocycles. The van der Waals surface area contributed by atoms with E-state index in [1.54, 1.807) is 13.2 Å². The van der Waals surface area contributed by atoms with Gasteiger partial charge in [-0.15, -0.1) is 0 Å². The zero-order valence-electron chi connectivity index (χ0n) is 10.1. The van der Waals surface area contributed by atoms with Gasteiger partial charge in [0.2, 0.25) is 0 Å². The number of amides is 1. The maximum Gasteiger partial charge on any atom is 0.348 e. The van der Waals surface area contributed by atoms with Gasteiger partial charge in [0.15, 0.2) is 0 Å². The number of nitrogens with one attached hydrogen (secondary N) is 2. The van der Waals surface area contributed by atoms with E-state index in [2.05, 4.69) is 28.0 Å². The molecule has 2 N–H and O–H groups in total. The van der Waals surface area contributed by atoms with Gasteiger partial charge in [0.1, 0.15) is 5.82 Å². The fraction of sp³-hybridized carbons (Fsp3) is 0.500. The molecular weight excluding hydrogens is 224 g/mol. The van der Waals surface area contributed by atoms with E-state index in [9.17, 15) is 4.79 Å². The minimum absolute atomic E-state index is 0.357. The molecule has 0 spiro atoms. The number of anilines is 1. The Morgan fingerprint density at radius 1 is 1.62 bits per heavy atom. The quantitative estimate of drug-likeness (QED) is 0.796. The van der Waals surface area contributed by atoms with E-state index in [0.29, 0.717) is 5.82 Å². The van der Waals surface area contributed by atoms with E-state index < -0.39 is 0 Å². The molecule has 0 aliphatic rings. The Hall–Kier alpha value is -1.43. The fourth-order valence-corrected chi connectivity index (χ4v) is 1.27. The third-order valence-electron chi connectivity index (χ3n) is 1.84. The summed E-state index contributed by atoms with van der Waals surface area (Å²) in [7, 11) is 1.75. The molecule has 6 heteroatoms. The van der Waals surface area contributed by atoms with Gasteiger partial charge in [-0.05, 0) is 6.42 Å². The number of carbonyl (C=O) groups excluding carboxylic acids is 1. The Morgan fingerprint density at radius 3 is 2.69 bits per heavy atom. The SMILES string of the molecule is CC.CCc1cnn(C(=O)NC=S)c1NC. The van der Waals surface area contributed by atoms with E-state index in [0.717, 1.165) is 17.5 Å². The predicted octanol–water partition coefficient (Wildman–Crippen LogP) is 2.03. The highest BCUT2D eigenvalue weighted by Gasteiger charge is 2.12. The number of aromatic nitrogens is 2. The lowest BCUT2D eigenvalue weighted by atomic mass is 10.2. The van der Waals surface area contributed by atoms with Crippen LogP contribution in [0.4, 0.5) is 10.6 Å². The van der Waals surface area contributed by atoms with Crippen molar-refractivity contribution in [2.45, 2.75) is 27.2 Å². The minimum atomic E-state index is -0.357. The first-order chi connectivity index (χ1) is 7.74. The van der Waals surface area contributed by atoms with Crippen molar-refractivity contribution in [1.82, 2.24) is 15.1 Å². The number of hydrogen-bond acceptors (Lipinski definition) is 4. The lowest BCUT2D eigenvalue weighted by molar-refractivity contribution is 0.245. The molecule has 5 nitrogen and oxygen atoms in total. The van der Waals surface area contributed by atoms with Crippen molar-refractivity contribution in [2.75, 3.05) is 12.4 Å². The Balaban J connectivity index is 0.00000106. The van der Waals surface area contributed by atoms with E-state index in [4.69, 9.17) is 0 Å². The third kappa shape index (κ3) is 3.30. The van der Waals surface area contributed by atoms with E-state index in [1.165, 1.54) is 4.68 Å². The number of hydrogen-bond donors (Lipinski definition) is 2. The Kier molecular flexibility index (Phi) is 7.11. The molecule has 16 heavy (non-hydrogen) atoms. The molecule has 1 aromatic heterocycles. The molecule has 0 radical (unpaired) electrons. The van der Waals surface area contributed by atoms with Crippen molar-refractivity contribution in [3.63, 3.8) is 0 Å². The van der Waals surface area contributed by atoms with Gasteiger partial charge in [-0.2, -0.15) is 9.78 Å². The van der Waals surface area contributed by atoms with Crippen LogP contribution in [0, 0.1) is 0 Å². The highest BCUT2D eigenvalue weighted by atomic mass is 32.1. The molecule has 0 atom stereocenters. The van der Waals surface area contributed by atoms with Crippen LogP contribution >= 0.6 is 12.2 Å². The topological polar surface area (TPSA) is 59.0 Å². The van der Waals surface area contributed by atoms with Crippen LogP contribution in [0.1, 0.15) is 26.3 Å². The van der Waals surface area contributed by atoms with Crippen molar-refractivity contribution in [1.29, 1.82) is 0 Å². The van der Waals surface area contributed by atoms with Crippen molar-refractivity contribution in [2.24, 2.45) is 0 Å². The van der Waals surface area contributed by atoms with Crippen LogP contribution in [-0.4, -0.2) is 28.4 Å². The molecule has 0 saturated heterocycles. The molecule has 0 saturated carbocycles. The molecule has 0 bridgehead atoms. The monoisotopic (exact) mass is 242 g/mol. The summed E-state index contributed by atoms with van der Waals surface area (Å²) in [4.78, 5) is 11.4. The van der Waals surface area contributed by atoms with Gasteiger partial charge >= 0.3 is 6.03 Å². The van der Waals surface area contributed by atoms with E-state index >= 15 is 0 Å². The molecule has 1 amide bonds. The molecule has 1 aromatic rings. The highest BCUT2D eigenvalue weighted by molar-refractivity contribution is 7.78. The molecular formula is C10H18N4OS. The van der Waals surface area contributed by atoms with Gasteiger partial charge in [-0.25, -0.2) is 4.79 Å². The van der Waals surface area contributed by atoms with Crippen LogP contribution in [0.2, 0.25) is 0 Å². The Labute approximate surface area is 101 Å². The van der Waals surface area contributed by atoms with Crippen molar-refractivity contribution in [3.8, 4) is 0 Å². The van der Waals surface area contributed by atoms with Crippen LogP contribution in [0.3, 0.4) is 0 Å². The maximum atomic E-state index is 11.4. The first-order valence-electron chi connectivity index (χ1n) is 5.23. The molecule has 0 aliphatic heterocycles. The highest BCUT2D eigenvalue weighted by Crippen LogP contribution is 2.14. The van der Waals surface area contributed by atoms with Crippen molar-refractivity contribution in [3.05, 3.63) is 11.8 Å². The van der Waals surface area contributed by atoms with Gasteiger partial charge in [0.05, 0.1) is 11.7 Å². The van der Waals surface area contributed by atoms with E-state index in [1.807, 2.05) is 20.8 Å². The summed E-state index contributed by atoms with van der Waals surface area (Å²) in [5.41, 5.74) is 2.15. The second-order valence-electron chi connectivity index (χ2n) is 2.60. The van der Waals surface area contributed by atoms with Gasteiger partial charge in [0, 0.05) is 12.6 Å². The summed E-state index contributed by atoms with van der Waals surface area (Å²) >= 11 is 4.52. The number of rotatable bonds is 3. The van der Waals surface area contributed by atoms with Crippen LogP contribution in [-0.2, 0) is 6.42 Å². The zero-order chi connectivity index (χ0) is 12.6. The summed E-state index contributed by atoms with van der Waals surface area (Å²) in [6.07, 6.45) is 2.48. The number of aryl methyl sites for hydroxylation is 1. The summed E-state index contributed by atoms with van der Waals surface area (Å²) in [6.45, 7) is 6.00. The number of thiocarbonyl (C=S) groups is 1. The average molecular weight is 242 g/mol. The summed E-state index contributed by atoms with van der Waals surface area (Å²) in [5, 5.41) is 9.26. The average Bonchev–Trinajstić information content (AvgIpc) is 2.74.